The molecule has 0 unspecified atom stereocenters. The molecule has 1 aliphatic rings. The van der Waals surface area contributed by atoms with Gasteiger partial charge in [-0.2, -0.15) is 0 Å². The largest absolute Gasteiger partial charge is 0.467 e. The maximum absolute atomic E-state index is 11.9. The maximum atomic E-state index is 11.9. The van der Waals surface area contributed by atoms with Crippen LogP contribution in [0.2, 0.25) is 0 Å². The third-order valence-electron chi connectivity index (χ3n) is 2.93. The number of hydrogen-bond donors (Lipinski definition) is 2. The Hall–Kier alpha value is -2.14. The SMILES string of the molecule is COC(=O)[C@]1(CO)NC(=O)C=C1c1ccccc1. The number of methoxy groups -OCH3 is 1. The van der Waals surface area contributed by atoms with Gasteiger partial charge in [-0.15, -0.1) is 0 Å². The number of carbonyl (C=O) groups excluding carboxylic acids is 2. The van der Waals surface area contributed by atoms with Crippen LogP contribution in [-0.2, 0) is 14.3 Å². The average molecular weight is 247 g/mol. The summed E-state index contributed by atoms with van der Waals surface area (Å²) < 4.78 is 4.67. The number of benzene rings is 1. The lowest BCUT2D eigenvalue weighted by atomic mass is 9.87. The molecule has 5 nitrogen and oxygen atoms in total. The molecule has 0 bridgehead atoms. The van der Waals surface area contributed by atoms with E-state index in [4.69, 9.17) is 0 Å². The van der Waals surface area contributed by atoms with Gasteiger partial charge >= 0.3 is 5.97 Å². The standard InChI is InChI=1S/C13H13NO4/c1-18-12(17)13(8-15)10(7-11(16)14-13)9-5-3-2-4-6-9/h2-7,15H,8H2,1H3,(H,14,16)/t13-/m1/s1. The highest BCUT2D eigenvalue weighted by Gasteiger charge is 2.48. The van der Waals surface area contributed by atoms with Crippen molar-refractivity contribution in [2.24, 2.45) is 0 Å². The van der Waals surface area contributed by atoms with Gasteiger partial charge in [-0.25, -0.2) is 4.79 Å². The van der Waals surface area contributed by atoms with Gasteiger partial charge in [0.1, 0.15) is 0 Å². The highest BCUT2D eigenvalue weighted by Crippen LogP contribution is 2.32. The van der Waals surface area contributed by atoms with Crippen LogP contribution in [0.5, 0.6) is 0 Å². The number of ether oxygens (including phenoxy) is 1. The van der Waals surface area contributed by atoms with Gasteiger partial charge in [0.25, 0.3) is 0 Å². The molecular formula is C13H13NO4. The number of esters is 1. The summed E-state index contributed by atoms with van der Waals surface area (Å²) in [4.78, 5) is 23.4. The number of aliphatic hydroxyl groups is 1. The van der Waals surface area contributed by atoms with E-state index in [9.17, 15) is 14.7 Å². The first-order valence-corrected chi connectivity index (χ1v) is 5.43. The van der Waals surface area contributed by atoms with Crippen LogP contribution < -0.4 is 5.32 Å². The molecule has 1 aromatic rings. The Balaban J connectivity index is 2.52. The Morgan fingerprint density at radius 2 is 2.06 bits per heavy atom. The summed E-state index contributed by atoms with van der Waals surface area (Å²) in [7, 11) is 1.22. The second-order valence-corrected chi connectivity index (χ2v) is 3.97. The lowest BCUT2D eigenvalue weighted by molar-refractivity contribution is -0.148. The number of carbonyl (C=O) groups is 2. The number of nitrogens with one attached hydrogen (secondary N) is 1. The molecule has 0 aromatic heterocycles. The third kappa shape index (κ3) is 1.78. The van der Waals surface area contributed by atoms with E-state index in [0.717, 1.165) is 0 Å². The zero-order valence-corrected chi connectivity index (χ0v) is 9.84. The van der Waals surface area contributed by atoms with Crippen molar-refractivity contribution in [3.05, 3.63) is 42.0 Å². The van der Waals surface area contributed by atoms with Gasteiger partial charge in [-0.3, -0.25) is 4.79 Å². The van der Waals surface area contributed by atoms with E-state index in [2.05, 4.69) is 10.1 Å². The van der Waals surface area contributed by atoms with Gasteiger partial charge in [0.15, 0.2) is 5.54 Å². The van der Waals surface area contributed by atoms with Crippen LogP contribution in [-0.4, -0.2) is 36.2 Å². The molecule has 1 heterocycles. The minimum atomic E-state index is -1.51. The number of hydrogen-bond acceptors (Lipinski definition) is 4. The first-order valence-electron chi connectivity index (χ1n) is 5.43. The fourth-order valence-corrected chi connectivity index (χ4v) is 2.04. The monoisotopic (exact) mass is 247 g/mol. The summed E-state index contributed by atoms with van der Waals surface area (Å²) in [6, 6.07) is 8.93. The molecule has 0 saturated heterocycles. The Morgan fingerprint density at radius 3 is 2.61 bits per heavy atom. The lowest BCUT2D eigenvalue weighted by Crippen LogP contribution is -2.54. The Morgan fingerprint density at radius 1 is 1.39 bits per heavy atom. The molecule has 1 aromatic carbocycles. The fourth-order valence-electron chi connectivity index (χ4n) is 2.04. The van der Waals surface area contributed by atoms with Crippen LogP contribution in [0.1, 0.15) is 5.56 Å². The van der Waals surface area contributed by atoms with Crippen LogP contribution >= 0.6 is 0 Å². The molecule has 0 saturated carbocycles. The zero-order chi connectivity index (χ0) is 13.2. The van der Waals surface area contributed by atoms with Crippen LogP contribution in [0, 0.1) is 0 Å². The predicted molar refractivity (Wildman–Crippen MR) is 64.4 cm³/mol. The Bertz CT molecular complexity index is 509. The van der Waals surface area contributed by atoms with Gasteiger partial charge in [-0.1, -0.05) is 30.3 Å². The molecule has 1 atom stereocenters. The second-order valence-electron chi connectivity index (χ2n) is 3.97. The van der Waals surface area contributed by atoms with Crippen molar-refractivity contribution in [1.82, 2.24) is 5.32 Å². The molecule has 2 N–H and O–H groups in total. The first kappa shape index (κ1) is 12.3. The maximum Gasteiger partial charge on any atom is 0.338 e. The number of amides is 1. The van der Waals surface area contributed by atoms with Crippen LogP contribution in [0.4, 0.5) is 0 Å². The molecule has 94 valence electrons. The van der Waals surface area contributed by atoms with Crippen molar-refractivity contribution in [2.75, 3.05) is 13.7 Å². The summed E-state index contributed by atoms with van der Waals surface area (Å²) in [5, 5.41) is 12.0. The smallest absolute Gasteiger partial charge is 0.338 e. The zero-order valence-electron chi connectivity index (χ0n) is 9.84. The minimum Gasteiger partial charge on any atom is -0.467 e. The predicted octanol–water partition coefficient (Wildman–Crippen LogP) is 0.104. The molecular weight excluding hydrogens is 234 g/mol. The van der Waals surface area contributed by atoms with Gasteiger partial charge in [0.2, 0.25) is 5.91 Å². The highest BCUT2D eigenvalue weighted by atomic mass is 16.5. The van der Waals surface area contributed by atoms with Gasteiger partial charge in [-0.05, 0) is 5.56 Å². The van der Waals surface area contributed by atoms with Crippen molar-refractivity contribution < 1.29 is 19.4 Å². The molecule has 1 amide bonds. The van der Waals surface area contributed by atoms with Crippen molar-refractivity contribution in [3.8, 4) is 0 Å². The topological polar surface area (TPSA) is 75.6 Å². The third-order valence-corrected chi connectivity index (χ3v) is 2.93. The Labute approximate surface area is 104 Å². The van der Waals surface area contributed by atoms with Crippen molar-refractivity contribution in [3.63, 3.8) is 0 Å². The van der Waals surface area contributed by atoms with Crippen LogP contribution in [0.15, 0.2) is 36.4 Å². The molecule has 0 spiro atoms. The van der Waals surface area contributed by atoms with E-state index in [1.54, 1.807) is 24.3 Å². The van der Waals surface area contributed by atoms with Gasteiger partial charge < -0.3 is 15.2 Å². The van der Waals surface area contributed by atoms with Crippen molar-refractivity contribution >= 4 is 17.4 Å². The van der Waals surface area contributed by atoms with E-state index < -0.39 is 24.0 Å². The van der Waals surface area contributed by atoms with E-state index in [1.807, 2.05) is 6.07 Å². The summed E-state index contributed by atoms with van der Waals surface area (Å²) in [6.45, 7) is -0.549. The highest BCUT2D eigenvalue weighted by molar-refractivity contribution is 6.13. The number of rotatable bonds is 3. The van der Waals surface area contributed by atoms with Crippen molar-refractivity contribution in [1.29, 1.82) is 0 Å². The Kier molecular flexibility index (Phi) is 3.16. The molecule has 0 aliphatic carbocycles. The van der Waals surface area contributed by atoms with E-state index >= 15 is 0 Å². The molecule has 5 heteroatoms. The van der Waals surface area contributed by atoms with E-state index in [0.29, 0.717) is 11.1 Å². The number of aliphatic hydroxyl groups excluding tert-OH is 1. The van der Waals surface area contributed by atoms with Gasteiger partial charge in [0.05, 0.1) is 13.7 Å². The first-order chi connectivity index (χ1) is 8.64. The fraction of sp³-hybridized carbons (Fsp3) is 0.231. The van der Waals surface area contributed by atoms with E-state index in [-0.39, 0.29) is 0 Å². The second kappa shape index (κ2) is 4.62. The van der Waals surface area contributed by atoms with Crippen molar-refractivity contribution in [2.45, 2.75) is 5.54 Å². The molecule has 1 aliphatic heterocycles. The molecule has 0 fully saturated rings. The van der Waals surface area contributed by atoms with Crippen LogP contribution in [0.3, 0.4) is 0 Å². The van der Waals surface area contributed by atoms with Crippen LogP contribution in [0.25, 0.3) is 5.57 Å². The average Bonchev–Trinajstić information content (AvgIpc) is 2.77. The normalized spacial score (nSPS) is 22.3. The summed E-state index contributed by atoms with van der Waals surface area (Å²) in [6.07, 6.45) is 1.31. The van der Waals surface area contributed by atoms with E-state index in [1.165, 1.54) is 13.2 Å². The molecule has 0 radical (unpaired) electrons. The molecule has 2 rings (SSSR count). The summed E-state index contributed by atoms with van der Waals surface area (Å²) >= 11 is 0. The summed E-state index contributed by atoms with van der Waals surface area (Å²) in [5.41, 5.74) is -0.398. The van der Waals surface area contributed by atoms with Gasteiger partial charge in [0, 0.05) is 11.6 Å². The summed E-state index contributed by atoms with van der Waals surface area (Å²) in [5.74, 6) is -1.11. The lowest BCUT2D eigenvalue weighted by Gasteiger charge is -2.27. The molecule has 18 heavy (non-hydrogen) atoms. The minimum absolute atomic E-state index is 0.419. The quantitative estimate of drug-likeness (QED) is 0.743.